The molecule has 0 spiro atoms. The van der Waals surface area contributed by atoms with Crippen molar-refractivity contribution in [2.75, 3.05) is 6.54 Å². The number of nitrogens with zero attached hydrogens (tertiary/aromatic N) is 2. The lowest BCUT2D eigenvalue weighted by Gasteiger charge is -2.38. The van der Waals surface area contributed by atoms with Gasteiger partial charge in [-0.25, -0.2) is 5.01 Å². The number of piperidine rings is 1. The van der Waals surface area contributed by atoms with Gasteiger partial charge in [-0.05, 0) is 26.7 Å². The third-order valence-corrected chi connectivity index (χ3v) is 3.72. The van der Waals surface area contributed by atoms with Gasteiger partial charge in [-0.1, -0.05) is 13.3 Å². The minimum atomic E-state index is -0.0527. The van der Waals surface area contributed by atoms with Gasteiger partial charge >= 0.3 is 0 Å². The van der Waals surface area contributed by atoms with E-state index in [0.717, 1.165) is 19.4 Å². The van der Waals surface area contributed by atoms with Gasteiger partial charge in [-0.2, -0.15) is 5.10 Å². The van der Waals surface area contributed by atoms with Gasteiger partial charge in [0.1, 0.15) is 5.71 Å². The molecule has 1 fully saturated rings. The van der Waals surface area contributed by atoms with Crippen molar-refractivity contribution < 1.29 is 4.79 Å². The van der Waals surface area contributed by atoms with Crippen molar-refractivity contribution >= 4 is 11.6 Å². The Bertz CT molecular complexity index is 318. The summed E-state index contributed by atoms with van der Waals surface area (Å²) >= 11 is 0. The highest BCUT2D eigenvalue weighted by Crippen LogP contribution is 2.20. The maximum atomic E-state index is 12.1. The van der Waals surface area contributed by atoms with Crippen molar-refractivity contribution in [3.05, 3.63) is 0 Å². The second kappa shape index (κ2) is 5.04. The van der Waals surface area contributed by atoms with Gasteiger partial charge < -0.3 is 5.43 Å². The van der Waals surface area contributed by atoms with E-state index in [1.165, 1.54) is 6.42 Å². The van der Waals surface area contributed by atoms with Crippen LogP contribution in [-0.4, -0.2) is 35.3 Å². The fourth-order valence-electron chi connectivity index (χ4n) is 2.57. The molecule has 0 aromatic rings. The molecule has 2 aliphatic rings. The Morgan fingerprint density at radius 1 is 1.35 bits per heavy atom. The minimum absolute atomic E-state index is 0.0527. The Balaban J connectivity index is 1.97. The summed E-state index contributed by atoms with van der Waals surface area (Å²) in [5.74, 6) is 0.147. The topological polar surface area (TPSA) is 56.7 Å². The lowest BCUT2D eigenvalue weighted by atomic mass is 9.99. The summed E-state index contributed by atoms with van der Waals surface area (Å²) in [5.41, 5.74) is 6.51. The van der Waals surface area contributed by atoms with E-state index in [1.807, 2.05) is 6.92 Å². The van der Waals surface area contributed by atoms with Gasteiger partial charge in [0, 0.05) is 24.5 Å². The highest BCUT2D eigenvalue weighted by molar-refractivity contribution is 6.39. The Morgan fingerprint density at radius 3 is 2.53 bits per heavy atom. The summed E-state index contributed by atoms with van der Waals surface area (Å²) in [7, 11) is 0. The van der Waals surface area contributed by atoms with Crippen molar-refractivity contribution in [3.8, 4) is 0 Å². The summed E-state index contributed by atoms with van der Waals surface area (Å²) in [6.07, 6.45) is 3.53. The Labute approximate surface area is 103 Å². The molecule has 3 atom stereocenters. The second-order valence-electron chi connectivity index (χ2n) is 5.24. The van der Waals surface area contributed by atoms with Gasteiger partial charge in [-0.3, -0.25) is 10.2 Å². The van der Waals surface area contributed by atoms with Crippen LogP contribution in [0.15, 0.2) is 5.10 Å². The molecule has 0 aromatic carbocycles. The van der Waals surface area contributed by atoms with Crippen LogP contribution < -0.4 is 10.9 Å². The van der Waals surface area contributed by atoms with Gasteiger partial charge in [0.05, 0.1) is 0 Å². The molecule has 2 aliphatic heterocycles. The van der Waals surface area contributed by atoms with E-state index < -0.39 is 0 Å². The molecule has 3 unspecified atom stereocenters. The van der Waals surface area contributed by atoms with E-state index in [0.29, 0.717) is 17.8 Å². The SMILES string of the molecule is CC1CNN=C1C(=O)NN1C(C)CCCC1C. The van der Waals surface area contributed by atoms with E-state index in [1.54, 1.807) is 0 Å². The molecule has 2 N–H and O–H groups in total. The van der Waals surface area contributed by atoms with E-state index in [4.69, 9.17) is 0 Å². The van der Waals surface area contributed by atoms with Gasteiger partial charge in [0.15, 0.2) is 0 Å². The van der Waals surface area contributed by atoms with Crippen molar-refractivity contribution in [3.63, 3.8) is 0 Å². The first kappa shape index (κ1) is 12.4. The molecule has 0 saturated carbocycles. The van der Waals surface area contributed by atoms with Crippen LogP contribution in [0.3, 0.4) is 0 Å². The maximum Gasteiger partial charge on any atom is 0.282 e. The van der Waals surface area contributed by atoms with Gasteiger partial charge in [0.25, 0.3) is 5.91 Å². The normalized spacial score (nSPS) is 34.1. The summed E-state index contributed by atoms with van der Waals surface area (Å²) < 4.78 is 0. The zero-order valence-electron chi connectivity index (χ0n) is 10.9. The average Bonchev–Trinajstić information content (AvgIpc) is 2.70. The monoisotopic (exact) mass is 238 g/mol. The van der Waals surface area contributed by atoms with E-state index in [-0.39, 0.29) is 11.8 Å². The van der Waals surface area contributed by atoms with Crippen molar-refractivity contribution in [1.29, 1.82) is 0 Å². The van der Waals surface area contributed by atoms with Crippen molar-refractivity contribution in [2.24, 2.45) is 11.0 Å². The molecule has 0 aromatic heterocycles. The van der Waals surface area contributed by atoms with Crippen molar-refractivity contribution in [2.45, 2.75) is 52.1 Å². The molecular weight excluding hydrogens is 216 g/mol. The lowest BCUT2D eigenvalue weighted by molar-refractivity contribution is -0.122. The van der Waals surface area contributed by atoms with Crippen LogP contribution in [0.4, 0.5) is 0 Å². The number of nitrogens with one attached hydrogen (secondary N) is 2. The van der Waals surface area contributed by atoms with Gasteiger partial charge in [0.2, 0.25) is 0 Å². The lowest BCUT2D eigenvalue weighted by Crippen LogP contribution is -2.55. The van der Waals surface area contributed by atoms with E-state index in [9.17, 15) is 4.79 Å². The highest BCUT2D eigenvalue weighted by atomic mass is 16.2. The van der Waals surface area contributed by atoms with Crippen LogP contribution in [0, 0.1) is 5.92 Å². The van der Waals surface area contributed by atoms with E-state index >= 15 is 0 Å². The molecule has 5 heteroatoms. The van der Waals surface area contributed by atoms with Gasteiger partial charge in [-0.15, -0.1) is 0 Å². The number of carbonyl (C=O) groups is 1. The number of hydrogen-bond donors (Lipinski definition) is 2. The number of hydrazine groups is 1. The van der Waals surface area contributed by atoms with Crippen molar-refractivity contribution in [1.82, 2.24) is 15.9 Å². The highest BCUT2D eigenvalue weighted by Gasteiger charge is 2.30. The first-order valence-corrected chi connectivity index (χ1v) is 6.49. The third kappa shape index (κ3) is 2.60. The molecule has 0 radical (unpaired) electrons. The largest absolute Gasteiger partial charge is 0.309 e. The average molecular weight is 238 g/mol. The number of hydrazone groups is 1. The molecule has 1 saturated heterocycles. The van der Waals surface area contributed by atoms with Crippen LogP contribution in [0.5, 0.6) is 0 Å². The molecule has 0 bridgehead atoms. The Hall–Kier alpha value is -1.10. The molecular formula is C12H22N4O. The molecule has 96 valence electrons. The predicted octanol–water partition coefficient (Wildman–Crippen LogP) is 0.876. The first-order valence-electron chi connectivity index (χ1n) is 6.49. The van der Waals surface area contributed by atoms with Crippen LogP contribution in [0.25, 0.3) is 0 Å². The third-order valence-electron chi connectivity index (χ3n) is 3.72. The standard InChI is InChI=1S/C12H22N4O/c1-8-7-13-14-11(8)12(17)15-16-9(2)5-4-6-10(16)3/h8-10,13H,4-7H2,1-3H3,(H,15,17). The smallest absolute Gasteiger partial charge is 0.282 e. The summed E-state index contributed by atoms with van der Waals surface area (Å²) in [4.78, 5) is 12.1. The molecule has 17 heavy (non-hydrogen) atoms. The molecule has 2 heterocycles. The van der Waals surface area contributed by atoms with Crippen LogP contribution >= 0.6 is 0 Å². The summed E-state index contributed by atoms with van der Waals surface area (Å²) in [5, 5.41) is 6.14. The summed E-state index contributed by atoms with van der Waals surface area (Å²) in [6, 6.07) is 0.820. The zero-order chi connectivity index (χ0) is 12.4. The second-order valence-corrected chi connectivity index (χ2v) is 5.24. The van der Waals surface area contributed by atoms with Crippen LogP contribution in [0.1, 0.15) is 40.0 Å². The fraction of sp³-hybridized carbons (Fsp3) is 0.833. The quantitative estimate of drug-likeness (QED) is 0.750. The maximum absolute atomic E-state index is 12.1. The number of hydrogen-bond acceptors (Lipinski definition) is 4. The van der Waals surface area contributed by atoms with E-state index in [2.05, 4.69) is 34.8 Å². The molecule has 5 nitrogen and oxygen atoms in total. The minimum Gasteiger partial charge on any atom is -0.309 e. The fourth-order valence-corrected chi connectivity index (χ4v) is 2.57. The number of rotatable bonds is 2. The predicted molar refractivity (Wildman–Crippen MR) is 67.4 cm³/mol. The zero-order valence-corrected chi connectivity index (χ0v) is 10.9. The summed E-state index contributed by atoms with van der Waals surface area (Å²) in [6.45, 7) is 7.09. The Kier molecular flexibility index (Phi) is 3.66. The first-order chi connectivity index (χ1) is 8.09. The number of carbonyl (C=O) groups excluding carboxylic acids is 1. The van der Waals surface area contributed by atoms with Crippen LogP contribution in [-0.2, 0) is 4.79 Å². The molecule has 0 aliphatic carbocycles. The number of amides is 1. The van der Waals surface area contributed by atoms with Crippen LogP contribution in [0.2, 0.25) is 0 Å². The Morgan fingerprint density at radius 2 is 2.00 bits per heavy atom. The molecule has 1 amide bonds. The molecule has 2 rings (SSSR count).